The maximum absolute atomic E-state index is 9.39. The van der Waals surface area contributed by atoms with Gasteiger partial charge >= 0.3 is 0 Å². The van der Waals surface area contributed by atoms with Crippen LogP contribution in [0.3, 0.4) is 0 Å². The van der Waals surface area contributed by atoms with Crippen molar-refractivity contribution in [3.05, 3.63) is 27.7 Å². The lowest BCUT2D eigenvalue weighted by molar-refractivity contribution is 0.464. The molecule has 0 amide bonds. The highest BCUT2D eigenvalue weighted by molar-refractivity contribution is 6.35. The number of benzene rings is 1. The first-order chi connectivity index (χ1) is 5.52. The van der Waals surface area contributed by atoms with Crippen molar-refractivity contribution in [3.8, 4) is 5.75 Å². The summed E-state index contributed by atoms with van der Waals surface area (Å²) in [5, 5.41) is 10.2. The topological polar surface area (TPSA) is 46.2 Å². The molecular formula is C8H9Cl2NO. The summed E-state index contributed by atoms with van der Waals surface area (Å²) < 4.78 is 0. The second-order valence-electron chi connectivity index (χ2n) is 2.61. The average molecular weight is 206 g/mol. The predicted molar refractivity (Wildman–Crippen MR) is 50.7 cm³/mol. The first kappa shape index (κ1) is 9.65. The Morgan fingerprint density at radius 2 is 2.00 bits per heavy atom. The van der Waals surface area contributed by atoms with E-state index in [2.05, 4.69) is 0 Å². The monoisotopic (exact) mass is 205 g/mol. The van der Waals surface area contributed by atoms with E-state index in [9.17, 15) is 5.11 Å². The van der Waals surface area contributed by atoms with Crippen molar-refractivity contribution in [2.75, 3.05) is 0 Å². The molecule has 1 rings (SSSR count). The smallest absolute Gasteiger partial charge is 0.123 e. The van der Waals surface area contributed by atoms with E-state index in [1.54, 1.807) is 13.0 Å². The number of phenols is 1. The molecule has 3 N–H and O–H groups in total. The van der Waals surface area contributed by atoms with Crippen LogP contribution in [0.15, 0.2) is 12.1 Å². The van der Waals surface area contributed by atoms with Crippen molar-refractivity contribution in [1.82, 2.24) is 0 Å². The fourth-order valence-corrected chi connectivity index (χ4v) is 1.68. The third-order valence-electron chi connectivity index (χ3n) is 1.53. The number of rotatable bonds is 1. The van der Waals surface area contributed by atoms with Crippen LogP contribution in [-0.4, -0.2) is 5.11 Å². The van der Waals surface area contributed by atoms with Gasteiger partial charge in [-0.2, -0.15) is 0 Å². The van der Waals surface area contributed by atoms with Crippen LogP contribution in [0.5, 0.6) is 5.75 Å². The van der Waals surface area contributed by atoms with Gasteiger partial charge in [0.15, 0.2) is 0 Å². The Balaban J connectivity index is 3.28. The first-order valence-corrected chi connectivity index (χ1v) is 4.21. The molecule has 2 nitrogen and oxygen atoms in total. The molecule has 1 aromatic rings. The van der Waals surface area contributed by atoms with Crippen LogP contribution in [0, 0.1) is 0 Å². The van der Waals surface area contributed by atoms with Gasteiger partial charge in [0.2, 0.25) is 0 Å². The van der Waals surface area contributed by atoms with Crippen LogP contribution in [0.2, 0.25) is 10.0 Å². The minimum Gasteiger partial charge on any atom is -0.508 e. The highest BCUT2D eigenvalue weighted by Gasteiger charge is 2.11. The molecule has 0 aliphatic heterocycles. The van der Waals surface area contributed by atoms with E-state index in [1.165, 1.54) is 6.07 Å². The zero-order chi connectivity index (χ0) is 9.30. The van der Waals surface area contributed by atoms with Crippen molar-refractivity contribution in [2.24, 2.45) is 5.73 Å². The molecule has 4 heteroatoms. The Kier molecular flexibility index (Phi) is 2.83. The summed E-state index contributed by atoms with van der Waals surface area (Å²) >= 11 is 11.4. The summed E-state index contributed by atoms with van der Waals surface area (Å²) in [6, 6.07) is 2.68. The lowest BCUT2D eigenvalue weighted by atomic mass is 10.1. The molecular weight excluding hydrogens is 197 g/mol. The van der Waals surface area contributed by atoms with Crippen molar-refractivity contribution >= 4 is 23.2 Å². The van der Waals surface area contributed by atoms with Crippen molar-refractivity contribution < 1.29 is 5.11 Å². The Morgan fingerprint density at radius 1 is 1.42 bits per heavy atom. The summed E-state index contributed by atoms with van der Waals surface area (Å²) in [5.74, 6) is 0.0440. The average Bonchev–Trinajstić information content (AvgIpc) is 1.82. The van der Waals surface area contributed by atoms with E-state index in [0.29, 0.717) is 15.6 Å². The summed E-state index contributed by atoms with van der Waals surface area (Å²) in [5.41, 5.74) is 6.11. The summed E-state index contributed by atoms with van der Waals surface area (Å²) in [4.78, 5) is 0. The van der Waals surface area contributed by atoms with Gasteiger partial charge in [-0.25, -0.2) is 0 Å². The fourth-order valence-electron chi connectivity index (χ4n) is 1.02. The maximum atomic E-state index is 9.39. The molecule has 0 spiro atoms. The molecule has 0 aliphatic carbocycles. The van der Waals surface area contributed by atoms with Crippen molar-refractivity contribution in [3.63, 3.8) is 0 Å². The van der Waals surface area contributed by atoms with Gasteiger partial charge in [0.05, 0.1) is 5.02 Å². The van der Waals surface area contributed by atoms with Gasteiger partial charge in [-0.1, -0.05) is 23.2 Å². The second-order valence-corrected chi connectivity index (χ2v) is 3.45. The molecule has 1 aromatic carbocycles. The van der Waals surface area contributed by atoms with Gasteiger partial charge < -0.3 is 10.8 Å². The van der Waals surface area contributed by atoms with Crippen molar-refractivity contribution in [1.29, 1.82) is 0 Å². The first-order valence-electron chi connectivity index (χ1n) is 3.46. The van der Waals surface area contributed by atoms with Gasteiger partial charge in [-0.3, -0.25) is 0 Å². The van der Waals surface area contributed by atoms with Gasteiger partial charge in [-0.05, 0) is 19.1 Å². The third kappa shape index (κ3) is 1.83. The largest absolute Gasteiger partial charge is 0.508 e. The molecule has 0 radical (unpaired) electrons. The fraction of sp³-hybridized carbons (Fsp3) is 0.250. The van der Waals surface area contributed by atoms with Gasteiger partial charge in [0.1, 0.15) is 5.75 Å². The van der Waals surface area contributed by atoms with E-state index < -0.39 is 0 Å². The molecule has 1 atom stereocenters. The SMILES string of the molecule is CC(N)c1c(O)cc(Cl)cc1Cl. The predicted octanol–water partition coefficient (Wildman–Crippen LogP) is 2.72. The van der Waals surface area contributed by atoms with Crippen LogP contribution in [-0.2, 0) is 0 Å². The minimum absolute atomic E-state index is 0.0440. The highest BCUT2D eigenvalue weighted by Crippen LogP contribution is 2.33. The molecule has 0 saturated heterocycles. The van der Waals surface area contributed by atoms with Crippen molar-refractivity contribution in [2.45, 2.75) is 13.0 Å². The normalized spacial score (nSPS) is 13.0. The number of phenolic OH excluding ortho intramolecular Hbond substituents is 1. The van der Waals surface area contributed by atoms with E-state index in [1.807, 2.05) is 0 Å². The van der Waals surface area contributed by atoms with Crippen LogP contribution in [0.25, 0.3) is 0 Å². The Labute approximate surface area is 80.9 Å². The second kappa shape index (κ2) is 3.52. The molecule has 12 heavy (non-hydrogen) atoms. The Hall–Kier alpha value is -0.440. The van der Waals surface area contributed by atoms with E-state index in [-0.39, 0.29) is 11.8 Å². The zero-order valence-corrected chi connectivity index (χ0v) is 8.02. The lowest BCUT2D eigenvalue weighted by Crippen LogP contribution is -2.05. The molecule has 66 valence electrons. The maximum Gasteiger partial charge on any atom is 0.123 e. The Morgan fingerprint density at radius 3 is 2.42 bits per heavy atom. The molecule has 0 bridgehead atoms. The molecule has 0 heterocycles. The summed E-state index contributed by atoms with van der Waals surface area (Å²) in [7, 11) is 0. The molecule has 0 aromatic heterocycles. The van der Waals surface area contributed by atoms with Gasteiger partial charge in [-0.15, -0.1) is 0 Å². The number of aromatic hydroxyl groups is 1. The van der Waals surface area contributed by atoms with Gasteiger partial charge in [0, 0.05) is 16.6 Å². The Bertz CT molecular complexity index is 276. The van der Waals surface area contributed by atoms with Crippen LogP contribution in [0.4, 0.5) is 0 Å². The quantitative estimate of drug-likeness (QED) is 0.741. The standard InChI is InChI=1S/C8H9Cl2NO/c1-4(11)8-6(10)2-5(9)3-7(8)12/h2-4,12H,11H2,1H3. The number of hydrogen-bond acceptors (Lipinski definition) is 2. The molecule has 0 saturated carbocycles. The molecule has 0 fully saturated rings. The third-order valence-corrected chi connectivity index (χ3v) is 2.06. The van der Waals surface area contributed by atoms with E-state index in [0.717, 1.165) is 0 Å². The minimum atomic E-state index is -0.297. The molecule has 0 aliphatic rings. The number of halogens is 2. The van der Waals surface area contributed by atoms with E-state index in [4.69, 9.17) is 28.9 Å². The molecule has 1 unspecified atom stereocenters. The summed E-state index contributed by atoms with van der Waals surface area (Å²) in [6.07, 6.45) is 0. The van der Waals surface area contributed by atoms with Crippen LogP contribution in [0.1, 0.15) is 18.5 Å². The zero-order valence-electron chi connectivity index (χ0n) is 6.51. The van der Waals surface area contributed by atoms with E-state index >= 15 is 0 Å². The number of hydrogen-bond donors (Lipinski definition) is 2. The lowest BCUT2D eigenvalue weighted by Gasteiger charge is -2.10. The number of nitrogens with two attached hydrogens (primary N) is 1. The summed E-state index contributed by atoms with van der Waals surface area (Å²) in [6.45, 7) is 1.74. The van der Waals surface area contributed by atoms with Gasteiger partial charge in [0.25, 0.3) is 0 Å². The highest BCUT2D eigenvalue weighted by atomic mass is 35.5. The van der Waals surface area contributed by atoms with Crippen LogP contribution < -0.4 is 5.73 Å². The van der Waals surface area contributed by atoms with Crippen LogP contribution >= 0.6 is 23.2 Å².